The molecule has 0 aliphatic rings. The maximum absolute atomic E-state index is 14.8. The van der Waals surface area contributed by atoms with Gasteiger partial charge in [0.2, 0.25) is 0 Å². The summed E-state index contributed by atoms with van der Waals surface area (Å²) in [6.45, 7) is 6.91. The van der Waals surface area contributed by atoms with Crippen LogP contribution in [0.5, 0.6) is 0 Å². The van der Waals surface area contributed by atoms with Crippen molar-refractivity contribution in [2.24, 2.45) is 0 Å². The number of aromatic amines is 1. The summed E-state index contributed by atoms with van der Waals surface area (Å²) < 4.78 is 56.0. The minimum atomic E-state index is -4.68. The summed E-state index contributed by atoms with van der Waals surface area (Å²) in [6, 6.07) is 14.2. The number of fused-ring (bicyclic) bond motifs is 1. The molecule has 5 aromatic rings. The summed E-state index contributed by atoms with van der Waals surface area (Å²) >= 11 is 0. The zero-order chi connectivity index (χ0) is 26.2. The first kappa shape index (κ1) is 23.7. The van der Waals surface area contributed by atoms with Gasteiger partial charge in [0.25, 0.3) is 5.91 Å². The van der Waals surface area contributed by atoms with E-state index in [1.165, 1.54) is 35.1 Å². The third-order valence-electron chi connectivity index (χ3n) is 5.75. The molecule has 0 aliphatic carbocycles. The van der Waals surface area contributed by atoms with Crippen LogP contribution in [0.2, 0.25) is 0 Å². The van der Waals surface area contributed by atoms with Crippen molar-refractivity contribution in [1.82, 2.24) is 25.3 Å². The zero-order valence-electron chi connectivity index (χ0n) is 18.8. The summed E-state index contributed by atoms with van der Waals surface area (Å²) in [6.07, 6.45) is -1.59. The van der Waals surface area contributed by atoms with Crippen molar-refractivity contribution in [3.05, 3.63) is 107 Å². The number of amides is 1. The lowest BCUT2D eigenvalue weighted by Crippen LogP contribution is -2.23. The molecule has 7 nitrogen and oxygen atoms in total. The Morgan fingerprint density at radius 1 is 1.08 bits per heavy atom. The first-order valence-corrected chi connectivity index (χ1v) is 10.9. The van der Waals surface area contributed by atoms with Crippen molar-refractivity contribution in [3.63, 3.8) is 0 Å². The molecule has 0 saturated heterocycles. The van der Waals surface area contributed by atoms with Crippen LogP contribution in [0, 0.1) is 12.4 Å². The van der Waals surface area contributed by atoms with Crippen LogP contribution in [0.1, 0.15) is 21.5 Å². The number of H-pyrrole nitrogens is 1. The molecule has 2 heterocycles. The van der Waals surface area contributed by atoms with E-state index in [0.717, 1.165) is 23.0 Å². The molecule has 37 heavy (non-hydrogen) atoms. The zero-order valence-corrected chi connectivity index (χ0v) is 18.8. The number of halogens is 4. The van der Waals surface area contributed by atoms with Gasteiger partial charge in [0.15, 0.2) is 5.69 Å². The van der Waals surface area contributed by atoms with Crippen LogP contribution in [0.3, 0.4) is 0 Å². The average molecular weight is 504 g/mol. The topological polar surface area (TPSA) is 80.0 Å². The Balaban J connectivity index is 1.32. The van der Waals surface area contributed by atoms with Gasteiger partial charge >= 0.3 is 6.18 Å². The summed E-state index contributed by atoms with van der Waals surface area (Å²) in [4.78, 5) is 15.4. The number of alkyl halides is 3. The van der Waals surface area contributed by atoms with Crippen LogP contribution in [0.4, 0.5) is 23.2 Å². The summed E-state index contributed by atoms with van der Waals surface area (Å²) in [7, 11) is 0. The lowest BCUT2D eigenvalue weighted by Gasteiger charge is -2.10. The SMILES string of the molecule is [C-]#[N+]c1ccc(-c2ccn(-c3ccc(CNC(=O)c4ccc5[nH]ncc5c4)c(F)c3)n2)cc1C(F)(F)F. The van der Waals surface area contributed by atoms with Gasteiger partial charge in [0.05, 0.1) is 35.2 Å². The predicted octanol–water partition coefficient (Wildman–Crippen LogP) is 6.05. The number of benzene rings is 3. The molecule has 11 heteroatoms. The van der Waals surface area contributed by atoms with Crippen molar-refractivity contribution >= 4 is 22.5 Å². The molecule has 0 saturated carbocycles. The smallest absolute Gasteiger partial charge is 0.348 e. The van der Waals surface area contributed by atoms with E-state index in [0.29, 0.717) is 11.3 Å². The van der Waals surface area contributed by atoms with Crippen molar-refractivity contribution in [2.75, 3.05) is 0 Å². The third kappa shape index (κ3) is 4.77. The Bertz CT molecular complexity index is 1680. The highest BCUT2D eigenvalue weighted by Crippen LogP contribution is 2.38. The molecule has 2 aromatic heterocycles. The van der Waals surface area contributed by atoms with Gasteiger partial charge < -0.3 is 5.32 Å². The molecule has 0 radical (unpaired) electrons. The molecule has 1 amide bonds. The molecular weight excluding hydrogens is 488 g/mol. The second-order valence-electron chi connectivity index (χ2n) is 8.12. The predicted molar refractivity (Wildman–Crippen MR) is 127 cm³/mol. The molecule has 0 atom stereocenters. The van der Waals surface area contributed by atoms with Gasteiger partial charge in [-0.05, 0) is 36.4 Å². The van der Waals surface area contributed by atoms with Gasteiger partial charge in [-0.1, -0.05) is 24.3 Å². The molecule has 0 aliphatic heterocycles. The van der Waals surface area contributed by atoms with E-state index in [9.17, 15) is 22.4 Å². The minimum absolute atomic E-state index is 0.0493. The van der Waals surface area contributed by atoms with Crippen LogP contribution >= 0.6 is 0 Å². The standard InChI is InChI=1S/C26H16F4N6O/c1-31-24-7-3-15(11-20(24)26(28,29)30)23-8-9-36(35-23)19-5-2-17(21(27)12-19)13-32-25(37)16-4-6-22-18(10-16)14-33-34-22/h2-12,14H,13H2,(H,32,37)(H,33,34). The summed E-state index contributed by atoms with van der Waals surface area (Å²) in [5.41, 5.74) is 0.658. The number of nitrogens with zero attached hydrogens (tertiary/aromatic N) is 4. The molecule has 5 rings (SSSR count). The fourth-order valence-corrected chi connectivity index (χ4v) is 3.83. The van der Waals surface area contributed by atoms with Gasteiger partial charge in [0.1, 0.15) is 5.82 Å². The summed E-state index contributed by atoms with van der Waals surface area (Å²) in [5.74, 6) is -0.952. The van der Waals surface area contributed by atoms with Crippen molar-refractivity contribution < 1.29 is 22.4 Å². The second kappa shape index (κ2) is 9.23. The maximum Gasteiger partial charge on any atom is 0.407 e. The number of hydrogen-bond acceptors (Lipinski definition) is 3. The van der Waals surface area contributed by atoms with E-state index in [-0.39, 0.29) is 29.3 Å². The van der Waals surface area contributed by atoms with Gasteiger partial charge in [0, 0.05) is 34.8 Å². The number of hydrogen-bond donors (Lipinski definition) is 2. The molecule has 0 unspecified atom stereocenters. The van der Waals surface area contributed by atoms with Crippen LogP contribution in [0.15, 0.2) is 73.1 Å². The van der Waals surface area contributed by atoms with Crippen molar-refractivity contribution in [3.8, 4) is 16.9 Å². The number of carbonyl (C=O) groups is 1. The first-order chi connectivity index (χ1) is 17.7. The molecule has 2 N–H and O–H groups in total. The van der Waals surface area contributed by atoms with Gasteiger partial charge in [-0.15, -0.1) is 0 Å². The van der Waals surface area contributed by atoms with Gasteiger partial charge in [-0.25, -0.2) is 13.9 Å². The van der Waals surface area contributed by atoms with E-state index in [1.54, 1.807) is 30.5 Å². The van der Waals surface area contributed by atoms with Crippen LogP contribution < -0.4 is 5.32 Å². The second-order valence-corrected chi connectivity index (χ2v) is 8.12. The largest absolute Gasteiger partial charge is 0.407 e. The normalized spacial score (nSPS) is 11.4. The van der Waals surface area contributed by atoms with Crippen molar-refractivity contribution in [2.45, 2.75) is 12.7 Å². The quantitative estimate of drug-likeness (QED) is 0.226. The maximum atomic E-state index is 14.8. The van der Waals surface area contributed by atoms with Crippen molar-refractivity contribution in [1.29, 1.82) is 0 Å². The lowest BCUT2D eigenvalue weighted by molar-refractivity contribution is -0.136. The van der Waals surface area contributed by atoms with Gasteiger partial charge in [-0.3, -0.25) is 9.89 Å². The van der Waals surface area contributed by atoms with Crippen LogP contribution in [-0.2, 0) is 12.7 Å². The number of nitrogens with one attached hydrogen (secondary N) is 2. The number of rotatable bonds is 5. The highest BCUT2D eigenvalue weighted by atomic mass is 19.4. The van der Waals surface area contributed by atoms with Crippen LogP contribution in [0.25, 0.3) is 32.7 Å². The molecule has 184 valence electrons. The Morgan fingerprint density at radius 2 is 1.92 bits per heavy atom. The first-order valence-electron chi connectivity index (χ1n) is 10.9. The van der Waals surface area contributed by atoms with E-state index in [1.807, 2.05) is 0 Å². The number of carbonyl (C=O) groups excluding carboxylic acids is 1. The van der Waals surface area contributed by atoms with E-state index in [4.69, 9.17) is 6.57 Å². The molecular formula is C26H16F4N6O. The Kier molecular flexibility index (Phi) is 5.93. The van der Waals surface area contributed by atoms with E-state index < -0.39 is 23.2 Å². The Hall–Kier alpha value is -4.98. The molecule has 3 aromatic carbocycles. The van der Waals surface area contributed by atoms with Crippen LogP contribution in [-0.4, -0.2) is 25.9 Å². The lowest BCUT2D eigenvalue weighted by atomic mass is 10.1. The highest BCUT2D eigenvalue weighted by Gasteiger charge is 2.33. The highest BCUT2D eigenvalue weighted by molar-refractivity contribution is 5.97. The molecule has 0 spiro atoms. The van der Waals surface area contributed by atoms with E-state index in [2.05, 4.69) is 25.5 Å². The fraction of sp³-hybridized carbons (Fsp3) is 0.0769. The molecule has 0 fully saturated rings. The average Bonchev–Trinajstić information content (AvgIpc) is 3.56. The van der Waals surface area contributed by atoms with E-state index >= 15 is 0 Å². The Morgan fingerprint density at radius 3 is 2.68 bits per heavy atom. The van der Waals surface area contributed by atoms with Gasteiger partial charge in [-0.2, -0.15) is 23.4 Å². The minimum Gasteiger partial charge on any atom is -0.348 e. The molecule has 0 bridgehead atoms. The monoisotopic (exact) mass is 504 g/mol. The Labute approximate surface area is 207 Å². The fourth-order valence-electron chi connectivity index (χ4n) is 3.83. The number of aromatic nitrogens is 4. The third-order valence-corrected chi connectivity index (χ3v) is 5.75. The summed E-state index contributed by atoms with van der Waals surface area (Å²) in [5, 5.41) is 14.4.